The molecule has 2 aromatic rings. The van der Waals surface area contributed by atoms with Crippen LogP contribution < -0.4 is 20.3 Å². The first-order valence-electron chi connectivity index (χ1n) is 7.08. The SMILES string of the molecule is COc1ccc(N2C[C@H](NC(=O)Nc3ccon3)CC2=O)cc1. The van der Waals surface area contributed by atoms with E-state index < -0.39 is 6.03 Å². The van der Waals surface area contributed by atoms with Crippen molar-refractivity contribution in [2.45, 2.75) is 12.5 Å². The Morgan fingerprint density at radius 3 is 2.78 bits per heavy atom. The molecular formula is C15H16N4O4. The van der Waals surface area contributed by atoms with Gasteiger partial charge in [-0.15, -0.1) is 0 Å². The molecule has 8 nitrogen and oxygen atoms in total. The summed E-state index contributed by atoms with van der Waals surface area (Å²) in [5.74, 6) is 1.00. The summed E-state index contributed by atoms with van der Waals surface area (Å²) in [6, 6.07) is 8.05. The highest BCUT2D eigenvalue weighted by atomic mass is 16.5. The highest BCUT2D eigenvalue weighted by Crippen LogP contribution is 2.24. The molecule has 1 aliphatic heterocycles. The number of ether oxygens (including phenoxy) is 1. The molecule has 1 aromatic carbocycles. The monoisotopic (exact) mass is 316 g/mol. The third-order valence-corrected chi connectivity index (χ3v) is 3.52. The van der Waals surface area contributed by atoms with Crippen LogP contribution in [0.3, 0.4) is 0 Å². The quantitative estimate of drug-likeness (QED) is 0.893. The van der Waals surface area contributed by atoms with Crippen LogP contribution in [0.15, 0.2) is 41.1 Å². The van der Waals surface area contributed by atoms with Crippen LogP contribution in [0.25, 0.3) is 0 Å². The standard InChI is InChI=1S/C15H16N4O4/c1-22-12-4-2-11(3-5-12)19-9-10(8-14(19)20)16-15(21)17-13-6-7-23-18-13/h2-7,10H,8-9H2,1H3,(H2,16,17,18,21)/t10-/m1/s1. The Balaban J connectivity index is 1.59. The number of benzene rings is 1. The molecule has 0 radical (unpaired) electrons. The smallest absolute Gasteiger partial charge is 0.320 e. The fourth-order valence-electron chi connectivity index (χ4n) is 2.43. The number of nitrogens with one attached hydrogen (secondary N) is 2. The van der Waals surface area contributed by atoms with Gasteiger partial charge < -0.3 is 19.5 Å². The van der Waals surface area contributed by atoms with E-state index in [-0.39, 0.29) is 18.4 Å². The van der Waals surface area contributed by atoms with Gasteiger partial charge in [-0.1, -0.05) is 5.16 Å². The molecule has 1 aliphatic rings. The minimum Gasteiger partial charge on any atom is -0.497 e. The van der Waals surface area contributed by atoms with Crippen molar-refractivity contribution in [2.75, 3.05) is 23.9 Å². The molecule has 8 heteroatoms. The zero-order valence-electron chi connectivity index (χ0n) is 12.5. The van der Waals surface area contributed by atoms with Crippen molar-refractivity contribution in [3.05, 3.63) is 36.6 Å². The fraction of sp³-hybridized carbons (Fsp3) is 0.267. The molecule has 1 atom stereocenters. The van der Waals surface area contributed by atoms with E-state index in [1.165, 1.54) is 12.3 Å². The predicted molar refractivity (Wildman–Crippen MR) is 82.4 cm³/mol. The number of carbonyl (C=O) groups excluding carboxylic acids is 2. The number of urea groups is 1. The molecule has 3 amide bonds. The van der Waals surface area contributed by atoms with Crippen molar-refractivity contribution >= 4 is 23.4 Å². The highest BCUT2D eigenvalue weighted by molar-refractivity contribution is 5.97. The molecule has 120 valence electrons. The van der Waals surface area contributed by atoms with Gasteiger partial charge in [0.05, 0.1) is 13.2 Å². The molecule has 2 heterocycles. The highest BCUT2D eigenvalue weighted by Gasteiger charge is 2.31. The first-order valence-corrected chi connectivity index (χ1v) is 7.08. The third kappa shape index (κ3) is 3.42. The summed E-state index contributed by atoms with van der Waals surface area (Å²) in [4.78, 5) is 25.6. The number of anilines is 2. The van der Waals surface area contributed by atoms with E-state index in [9.17, 15) is 9.59 Å². The first kappa shape index (κ1) is 14.9. The van der Waals surface area contributed by atoms with E-state index in [4.69, 9.17) is 4.74 Å². The molecule has 3 rings (SSSR count). The molecular weight excluding hydrogens is 300 g/mol. The Kier molecular flexibility index (Phi) is 4.13. The van der Waals surface area contributed by atoms with Crippen LogP contribution in [0.5, 0.6) is 5.75 Å². The lowest BCUT2D eigenvalue weighted by molar-refractivity contribution is -0.117. The Labute approximate surface area is 132 Å². The van der Waals surface area contributed by atoms with E-state index in [1.54, 1.807) is 24.1 Å². The Bertz CT molecular complexity index is 684. The van der Waals surface area contributed by atoms with Crippen molar-refractivity contribution in [1.29, 1.82) is 0 Å². The van der Waals surface area contributed by atoms with E-state index >= 15 is 0 Å². The second kappa shape index (κ2) is 6.39. The Morgan fingerprint density at radius 1 is 1.35 bits per heavy atom. The number of methoxy groups -OCH3 is 1. The van der Waals surface area contributed by atoms with Crippen molar-refractivity contribution in [3.63, 3.8) is 0 Å². The predicted octanol–water partition coefficient (Wildman–Crippen LogP) is 1.61. The second-order valence-corrected chi connectivity index (χ2v) is 5.09. The van der Waals surface area contributed by atoms with E-state index in [2.05, 4.69) is 20.3 Å². The molecule has 0 spiro atoms. The van der Waals surface area contributed by atoms with Gasteiger partial charge in [-0.05, 0) is 24.3 Å². The molecule has 0 bridgehead atoms. The Hall–Kier alpha value is -3.03. The summed E-state index contributed by atoms with van der Waals surface area (Å²) in [7, 11) is 1.59. The number of rotatable bonds is 4. The summed E-state index contributed by atoms with van der Waals surface area (Å²) in [5, 5.41) is 8.87. The van der Waals surface area contributed by atoms with Gasteiger partial charge in [-0.2, -0.15) is 0 Å². The van der Waals surface area contributed by atoms with Gasteiger partial charge in [0, 0.05) is 24.7 Å². The van der Waals surface area contributed by atoms with Gasteiger partial charge in [0.2, 0.25) is 5.91 Å². The van der Waals surface area contributed by atoms with E-state index in [1.807, 2.05) is 12.1 Å². The molecule has 0 unspecified atom stereocenters. The molecule has 1 aromatic heterocycles. The number of nitrogens with zero attached hydrogens (tertiary/aromatic N) is 2. The molecule has 23 heavy (non-hydrogen) atoms. The van der Waals surface area contributed by atoms with Crippen molar-refractivity contribution in [2.24, 2.45) is 0 Å². The third-order valence-electron chi connectivity index (χ3n) is 3.52. The van der Waals surface area contributed by atoms with Crippen LogP contribution in [0.2, 0.25) is 0 Å². The van der Waals surface area contributed by atoms with Gasteiger partial charge in [0.1, 0.15) is 12.0 Å². The molecule has 0 saturated carbocycles. The summed E-state index contributed by atoms with van der Waals surface area (Å²) in [6.45, 7) is 0.414. The minimum atomic E-state index is -0.423. The number of hydrogen-bond donors (Lipinski definition) is 2. The molecule has 1 saturated heterocycles. The fourth-order valence-corrected chi connectivity index (χ4v) is 2.43. The van der Waals surface area contributed by atoms with Gasteiger partial charge in [0.25, 0.3) is 0 Å². The van der Waals surface area contributed by atoms with Gasteiger partial charge in [-0.25, -0.2) is 4.79 Å². The van der Waals surface area contributed by atoms with Crippen molar-refractivity contribution in [3.8, 4) is 5.75 Å². The lowest BCUT2D eigenvalue weighted by Crippen LogP contribution is -2.39. The number of hydrogen-bond acceptors (Lipinski definition) is 5. The maximum absolute atomic E-state index is 12.1. The van der Waals surface area contributed by atoms with Crippen molar-refractivity contribution < 1.29 is 18.8 Å². The zero-order chi connectivity index (χ0) is 16.2. The van der Waals surface area contributed by atoms with Crippen LogP contribution >= 0.6 is 0 Å². The Morgan fingerprint density at radius 2 is 2.13 bits per heavy atom. The summed E-state index contributed by atoms with van der Waals surface area (Å²) in [5.41, 5.74) is 0.775. The molecule has 1 fully saturated rings. The maximum atomic E-state index is 12.1. The zero-order valence-corrected chi connectivity index (χ0v) is 12.5. The van der Waals surface area contributed by atoms with Crippen LogP contribution in [0.4, 0.5) is 16.3 Å². The van der Waals surface area contributed by atoms with Crippen LogP contribution in [-0.4, -0.2) is 36.8 Å². The molecule has 0 aliphatic carbocycles. The number of carbonyl (C=O) groups is 2. The normalized spacial score (nSPS) is 17.2. The van der Waals surface area contributed by atoms with Crippen LogP contribution in [0, 0.1) is 0 Å². The minimum absolute atomic E-state index is 0.0399. The second-order valence-electron chi connectivity index (χ2n) is 5.09. The van der Waals surface area contributed by atoms with Gasteiger partial charge in [-0.3, -0.25) is 10.1 Å². The van der Waals surface area contributed by atoms with Crippen LogP contribution in [-0.2, 0) is 4.79 Å². The summed E-state index contributed by atoms with van der Waals surface area (Å²) < 4.78 is 9.73. The van der Waals surface area contributed by atoms with Crippen molar-refractivity contribution in [1.82, 2.24) is 10.5 Å². The first-order chi connectivity index (χ1) is 11.2. The summed E-state index contributed by atoms with van der Waals surface area (Å²) in [6.07, 6.45) is 1.61. The maximum Gasteiger partial charge on any atom is 0.320 e. The van der Waals surface area contributed by atoms with E-state index in [0.29, 0.717) is 12.4 Å². The number of aromatic nitrogens is 1. The average Bonchev–Trinajstić information content (AvgIpc) is 3.17. The topological polar surface area (TPSA) is 96.7 Å². The van der Waals surface area contributed by atoms with Crippen LogP contribution in [0.1, 0.15) is 6.42 Å². The van der Waals surface area contributed by atoms with Gasteiger partial charge in [0.15, 0.2) is 5.82 Å². The summed E-state index contributed by atoms with van der Waals surface area (Å²) >= 11 is 0. The lowest BCUT2D eigenvalue weighted by Gasteiger charge is -2.17. The largest absolute Gasteiger partial charge is 0.497 e. The number of amides is 3. The lowest BCUT2D eigenvalue weighted by atomic mass is 10.2. The van der Waals surface area contributed by atoms with Gasteiger partial charge >= 0.3 is 6.03 Å². The average molecular weight is 316 g/mol. The van der Waals surface area contributed by atoms with E-state index in [0.717, 1.165) is 11.4 Å². The molecule has 2 N–H and O–H groups in total.